The molecule has 0 atom stereocenters. The summed E-state index contributed by atoms with van der Waals surface area (Å²) in [7, 11) is 0. The number of amides is 2. The van der Waals surface area contributed by atoms with E-state index in [0.29, 0.717) is 26.3 Å². The summed E-state index contributed by atoms with van der Waals surface area (Å²) in [6.07, 6.45) is 0. The van der Waals surface area contributed by atoms with Crippen molar-refractivity contribution in [2.75, 3.05) is 39.5 Å². The van der Waals surface area contributed by atoms with Gasteiger partial charge in [-0.05, 0) is 12.1 Å². The first-order valence-corrected chi connectivity index (χ1v) is 6.66. The van der Waals surface area contributed by atoms with Gasteiger partial charge in [-0.15, -0.1) is 0 Å². The van der Waals surface area contributed by atoms with Crippen LogP contribution in [0, 0.1) is 5.82 Å². The van der Waals surface area contributed by atoms with Gasteiger partial charge in [-0.2, -0.15) is 0 Å². The van der Waals surface area contributed by atoms with Crippen LogP contribution in [-0.4, -0.2) is 56.2 Å². The average Bonchev–Trinajstić information content (AvgIpc) is 2.52. The number of hydrogen-bond acceptors (Lipinski definition) is 4. The monoisotopic (exact) mass is 296 g/mol. The molecule has 1 fully saturated rings. The van der Waals surface area contributed by atoms with Gasteiger partial charge in [0.1, 0.15) is 0 Å². The molecule has 0 aliphatic carbocycles. The third kappa shape index (κ3) is 4.71. The third-order valence-electron chi connectivity index (χ3n) is 3.00. The molecule has 7 heteroatoms. The lowest BCUT2D eigenvalue weighted by Crippen LogP contribution is -2.46. The van der Waals surface area contributed by atoms with E-state index in [1.54, 1.807) is 11.0 Å². The smallest absolute Gasteiger partial charge is 0.258 e. The van der Waals surface area contributed by atoms with E-state index in [1.165, 1.54) is 18.2 Å². The van der Waals surface area contributed by atoms with Crippen LogP contribution in [-0.2, 0) is 14.3 Å². The zero-order valence-corrected chi connectivity index (χ0v) is 11.5. The Morgan fingerprint density at radius 2 is 2.00 bits per heavy atom. The number of carbonyl (C=O) groups excluding carboxylic acids is 2. The van der Waals surface area contributed by atoms with Crippen molar-refractivity contribution in [1.29, 1.82) is 0 Å². The standard InChI is InChI=1S/C14H17FN2O4/c15-11-3-1-2-4-12(11)21-10-13(18)16-9-14(19)17-5-7-20-8-6-17/h1-4H,5-10H2,(H,16,18). The molecular formula is C14H17FN2O4. The molecule has 0 bridgehead atoms. The Kier molecular flexibility index (Phi) is 5.51. The summed E-state index contributed by atoms with van der Waals surface area (Å²) < 4.78 is 23.4. The van der Waals surface area contributed by atoms with Crippen LogP contribution in [0.15, 0.2) is 24.3 Å². The molecule has 1 saturated heterocycles. The molecule has 21 heavy (non-hydrogen) atoms. The van der Waals surface area contributed by atoms with Crippen molar-refractivity contribution in [3.8, 4) is 5.75 Å². The van der Waals surface area contributed by atoms with Gasteiger partial charge in [-0.3, -0.25) is 9.59 Å². The number of rotatable bonds is 5. The minimum Gasteiger partial charge on any atom is -0.481 e. The van der Waals surface area contributed by atoms with Crippen molar-refractivity contribution < 1.29 is 23.5 Å². The summed E-state index contributed by atoms with van der Waals surface area (Å²) in [6.45, 7) is 1.64. The fourth-order valence-electron chi connectivity index (χ4n) is 1.85. The fourth-order valence-corrected chi connectivity index (χ4v) is 1.85. The number of benzene rings is 1. The molecule has 1 aromatic rings. The molecule has 114 valence electrons. The Labute approximate surface area is 121 Å². The van der Waals surface area contributed by atoms with Gasteiger partial charge in [0.05, 0.1) is 19.8 Å². The first-order valence-electron chi connectivity index (χ1n) is 6.66. The lowest BCUT2D eigenvalue weighted by Gasteiger charge is -2.26. The zero-order chi connectivity index (χ0) is 15.1. The minimum absolute atomic E-state index is 0.00663. The predicted molar refractivity (Wildman–Crippen MR) is 72.3 cm³/mol. The molecule has 1 aliphatic rings. The highest BCUT2D eigenvalue weighted by atomic mass is 19.1. The second-order valence-electron chi connectivity index (χ2n) is 4.49. The Hall–Kier alpha value is -2.15. The van der Waals surface area contributed by atoms with Gasteiger partial charge < -0.3 is 19.7 Å². The number of nitrogens with zero attached hydrogens (tertiary/aromatic N) is 1. The number of morpholine rings is 1. The first-order chi connectivity index (χ1) is 10.2. The molecular weight excluding hydrogens is 279 g/mol. The second kappa shape index (κ2) is 7.58. The molecule has 1 N–H and O–H groups in total. The molecule has 2 amide bonds. The maximum Gasteiger partial charge on any atom is 0.258 e. The van der Waals surface area contributed by atoms with E-state index in [9.17, 15) is 14.0 Å². The quantitative estimate of drug-likeness (QED) is 0.841. The van der Waals surface area contributed by atoms with Gasteiger partial charge in [0.15, 0.2) is 18.2 Å². The van der Waals surface area contributed by atoms with Crippen molar-refractivity contribution >= 4 is 11.8 Å². The maximum absolute atomic E-state index is 13.3. The number of halogens is 1. The number of carbonyl (C=O) groups is 2. The second-order valence-corrected chi connectivity index (χ2v) is 4.49. The molecule has 1 aliphatic heterocycles. The zero-order valence-electron chi connectivity index (χ0n) is 11.5. The van der Waals surface area contributed by atoms with Gasteiger partial charge in [-0.25, -0.2) is 4.39 Å². The molecule has 0 saturated carbocycles. The van der Waals surface area contributed by atoms with E-state index in [2.05, 4.69) is 5.32 Å². The highest BCUT2D eigenvalue weighted by molar-refractivity contribution is 5.85. The van der Waals surface area contributed by atoms with Crippen molar-refractivity contribution in [3.05, 3.63) is 30.1 Å². The fraction of sp³-hybridized carbons (Fsp3) is 0.429. The Balaban J connectivity index is 1.70. The molecule has 6 nitrogen and oxygen atoms in total. The molecule has 0 spiro atoms. The highest BCUT2D eigenvalue weighted by Crippen LogP contribution is 2.14. The van der Waals surface area contributed by atoms with E-state index in [-0.39, 0.29) is 24.8 Å². The normalized spacial score (nSPS) is 14.6. The van der Waals surface area contributed by atoms with Crippen LogP contribution in [0.5, 0.6) is 5.75 Å². The van der Waals surface area contributed by atoms with E-state index < -0.39 is 11.7 Å². The first kappa shape index (κ1) is 15.2. The van der Waals surface area contributed by atoms with Crippen LogP contribution in [0.3, 0.4) is 0 Å². The summed E-state index contributed by atoms with van der Waals surface area (Å²) >= 11 is 0. The highest BCUT2D eigenvalue weighted by Gasteiger charge is 2.17. The van der Waals surface area contributed by atoms with Crippen molar-refractivity contribution in [1.82, 2.24) is 10.2 Å². The minimum atomic E-state index is -0.533. The van der Waals surface area contributed by atoms with E-state index in [4.69, 9.17) is 9.47 Å². The Bertz CT molecular complexity index is 504. The summed E-state index contributed by atoms with van der Waals surface area (Å²) in [5.74, 6) is -1.17. The van der Waals surface area contributed by atoms with Crippen LogP contribution in [0.25, 0.3) is 0 Å². The molecule has 1 heterocycles. The average molecular weight is 296 g/mol. The van der Waals surface area contributed by atoms with Crippen LogP contribution in [0.4, 0.5) is 4.39 Å². The summed E-state index contributed by atoms with van der Waals surface area (Å²) in [6, 6.07) is 5.82. The third-order valence-corrected chi connectivity index (χ3v) is 3.00. The van der Waals surface area contributed by atoms with Crippen LogP contribution in [0.1, 0.15) is 0 Å². The SMILES string of the molecule is O=C(COc1ccccc1F)NCC(=O)N1CCOCC1. The molecule has 0 unspecified atom stereocenters. The number of hydrogen-bond donors (Lipinski definition) is 1. The molecule has 0 aromatic heterocycles. The lowest BCUT2D eigenvalue weighted by molar-refractivity contribution is -0.136. The maximum atomic E-state index is 13.3. The number of para-hydroxylation sites is 1. The van der Waals surface area contributed by atoms with Crippen molar-refractivity contribution in [2.24, 2.45) is 0 Å². The van der Waals surface area contributed by atoms with Crippen LogP contribution < -0.4 is 10.1 Å². The summed E-state index contributed by atoms with van der Waals surface area (Å²) in [5, 5.41) is 2.45. The number of ether oxygens (including phenoxy) is 2. The van der Waals surface area contributed by atoms with Gasteiger partial charge in [0.2, 0.25) is 5.91 Å². The van der Waals surface area contributed by atoms with Crippen LogP contribution in [0.2, 0.25) is 0 Å². The van der Waals surface area contributed by atoms with Crippen molar-refractivity contribution in [2.45, 2.75) is 0 Å². The van der Waals surface area contributed by atoms with E-state index in [0.717, 1.165) is 0 Å². The molecule has 2 rings (SSSR count). The summed E-state index contributed by atoms with van der Waals surface area (Å²) in [5.41, 5.74) is 0. The largest absolute Gasteiger partial charge is 0.481 e. The van der Waals surface area contributed by atoms with Crippen molar-refractivity contribution in [3.63, 3.8) is 0 Å². The van der Waals surface area contributed by atoms with Gasteiger partial charge in [0.25, 0.3) is 5.91 Å². The Morgan fingerprint density at radius 3 is 2.71 bits per heavy atom. The summed E-state index contributed by atoms with van der Waals surface area (Å²) in [4.78, 5) is 25.0. The predicted octanol–water partition coefficient (Wildman–Crippen LogP) is 0.179. The lowest BCUT2D eigenvalue weighted by atomic mass is 10.3. The molecule has 1 aromatic carbocycles. The topological polar surface area (TPSA) is 67.9 Å². The van der Waals surface area contributed by atoms with E-state index >= 15 is 0 Å². The van der Waals surface area contributed by atoms with Gasteiger partial charge >= 0.3 is 0 Å². The van der Waals surface area contributed by atoms with E-state index in [1.807, 2.05) is 0 Å². The van der Waals surface area contributed by atoms with Crippen LogP contribution >= 0.6 is 0 Å². The van der Waals surface area contributed by atoms with Gasteiger partial charge in [-0.1, -0.05) is 12.1 Å². The Morgan fingerprint density at radius 1 is 1.29 bits per heavy atom. The molecule has 0 radical (unpaired) electrons. The number of nitrogens with one attached hydrogen (secondary N) is 1. The van der Waals surface area contributed by atoms with Gasteiger partial charge in [0, 0.05) is 13.1 Å².